The zero-order valence-corrected chi connectivity index (χ0v) is 13.6. The molecule has 2 aliphatic heterocycles. The van der Waals surface area contributed by atoms with Crippen LogP contribution < -0.4 is 4.90 Å². The Morgan fingerprint density at radius 1 is 1.37 bits per heavy atom. The van der Waals surface area contributed by atoms with Crippen LogP contribution in [0.3, 0.4) is 0 Å². The van der Waals surface area contributed by atoms with Gasteiger partial charge >= 0.3 is 0 Å². The highest BCUT2D eigenvalue weighted by atomic mass is 79.9. The predicted octanol–water partition coefficient (Wildman–Crippen LogP) is 4.17. The molecule has 2 heterocycles. The Labute approximate surface area is 128 Å². The fourth-order valence-corrected chi connectivity index (χ4v) is 3.90. The van der Waals surface area contributed by atoms with Crippen LogP contribution in [0.5, 0.6) is 0 Å². The van der Waals surface area contributed by atoms with Crippen molar-refractivity contribution in [2.75, 3.05) is 24.5 Å². The van der Waals surface area contributed by atoms with E-state index in [2.05, 4.69) is 44.8 Å². The highest BCUT2D eigenvalue weighted by Gasteiger charge is 2.35. The Morgan fingerprint density at radius 2 is 2.21 bits per heavy atom. The molecule has 0 aromatic heterocycles. The van der Waals surface area contributed by atoms with Crippen LogP contribution in [-0.4, -0.2) is 36.6 Å². The summed E-state index contributed by atoms with van der Waals surface area (Å²) >= 11 is 9.65. The largest absolute Gasteiger partial charge is 0.366 e. The summed E-state index contributed by atoms with van der Waals surface area (Å²) in [5.41, 5.74) is 1.30. The van der Waals surface area contributed by atoms with Crippen molar-refractivity contribution in [3.05, 3.63) is 27.7 Å². The van der Waals surface area contributed by atoms with E-state index in [9.17, 15) is 0 Å². The van der Waals surface area contributed by atoms with Crippen LogP contribution in [0.2, 0.25) is 5.02 Å². The van der Waals surface area contributed by atoms with E-state index >= 15 is 0 Å². The van der Waals surface area contributed by atoms with Crippen LogP contribution in [0.1, 0.15) is 26.2 Å². The molecule has 2 fully saturated rings. The number of fused-ring (bicyclic) bond motifs is 1. The molecule has 0 amide bonds. The molecule has 0 aliphatic carbocycles. The van der Waals surface area contributed by atoms with E-state index in [0.29, 0.717) is 6.04 Å². The van der Waals surface area contributed by atoms with Crippen LogP contribution in [0.4, 0.5) is 5.69 Å². The molecule has 3 rings (SSSR count). The van der Waals surface area contributed by atoms with E-state index < -0.39 is 0 Å². The highest BCUT2D eigenvalue weighted by molar-refractivity contribution is 9.10. The molecule has 4 heteroatoms. The van der Waals surface area contributed by atoms with E-state index in [1.165, 1.54) is 38.0 Å². The first-order valence-electron chi connectivity index (χ1n) is 7.14. The Morgan fingerprint density at radius 3 is 2.95 bits per heavy atom. The Kier molecular flexibility index (Phi) is 4.06. The number of halogens is 2. The molecule has 2 atom stereocenters. The van der Waals surface area contributed by atoms with E-state index in [0.717, 1.165) is 22.1 Å². The SMILES string of the molecule is CCC1CN2CCCC2CN1c1ccc(Cl)c(Br)c1. The smallest absolute Gasteiger partial charge is 0.0549 e. The summed E-state index contributed by atoms with van der Waals surface area (Å²) in [5, 5.41) is 0.788. The molecule has 0 radical (unpaired) electrons. The molecule has 2 nitrogen and oxygen atoms in total. The van der Waals surface area contributed by atoms with Crippen molar-refractivity contribution in [3.8, 4) is 0 Å². The third kappa shape index (κ3) is 2.65. The van der Waals surface area contributed by atoms with Gasteiger partial charge in [-0.3, -0.25) is 4.90 Å². The van der Waals surface area contributed by atoms with Crippen molar-refractivity contribution < 1.29 is 0 Å². The van der Waals surface area contributed by atoms with E-state index in [1.54, 1.807) is 0 Å². The molecule has 0 spiro atoms. The number of hydrogen-bond acceptors (Lipinski definition) is 2. The third-order valence-corrected chi connectivity index (χ3v) is 5.71. The molecule has 1 aromatic rings. The van der Waals surface area contributed by atoms with Crippen molar-refractivity contribution in [1.82, 2.24) is 4.90 Å². The van der Waals surface area contributed by atoms with Crippen LogP contribution >= 0.6 is 27.5 Å². The van der Waals surface area contributed by atoms with Gasteiger partial charge in [-0.05, 0) is 59.9 Å². The molecule has 1 aromatic carbocycles. The maximum Gasteiger partial charge on any atom is 0.0549 e. The Bertz CT molecular complexity index is 465. The Balaban J connectivity index is 1.86. The maximum atomic E-state index is 6.11. The average molecular weight is 344 g/mol. The van der Waals surface area contributed by atoms with Crippen molar-refractivity contribution in [2.45, 2.75) is 38.3 Å². The lowest BCUT2D eigenvalue weighted by molar-refractivity contribution is 0.195. The van der Waals surface area contributed by atoms with Crippen LogP contribution in [0, 0.1) is 0 Å². The van der Waals surface area contributed by atoms with Gasteiger partial charge < -0.3 is 4.90 Å². The molecule has 0 saturated carbocycles. The van der Waals surface area contributed by atoms with Crippen molar-refractivity contribution >= 4 is 33.2 Å². The standard InChI is InChI=1S/C15H20BrClN2/c1-2-11-9-18-7-3-4-13(18)10-19(11)12-5-6-15(17)14(16)8-12/h5-6,8,11,13H,2-4,7,9-10H2,1H3. The number of anilines is 1. The van der Waals surface area contributed by atoms with Crippen molar-refractivity contribution in [1.29, 1.82) is 0 Å². The molecule has 0 bridgehead atoms. The van der Waals surface area contributed by atoms with E-state index in [4.69, 9.17) is 11.6 Å². The van der Waals surface area contributed by atoms with Gasteiger partial charge in [-0.2, -0.15) is 0 Å². The number of piperazine rings is 1. The number of nitrogens with zero attached hydrogens (tertiary/aromatic N) is 2. The van der Waals surface area contributed by atoms with E-state index in [-0.39, 0.29) is 0 Å². The molecule has 0 N–H and O–H groups in total. The molecule has 104 valence electrons. The fraction of sp³-hybridized carbons (Fsp3) is 0.600. The first kappa shape index (κ1) is 13.7. The fourth-order valence-electron chi connectivity index (χ4n) is 3.42. The van der Waals surface area contributed by atoms with Gasteiger partial charge in [0.05, 0.1) is 5.02 Å². The summed E-state index contributed by atoms with van der Waals surface area (Å²) in [4.78, 5) is 5.25. The van der Waals surface area contributed by atoms with Crippen LogP contribution in [0.25, 0.3) is 0 Å². The van der Waals surface area contributed by atoms with Crippen molar-refractivity contribution in [3.63, 3.8) is 0 Å². The lowest BCUT2D eigenvalue weighted by Crippen LogP contribution is -2.56. The zero-order valence-electron chi connectivity index (χ0n) is 11.3. The van der Waals surface area contributed by atoms with Gasteiger partial charge in [0.1, 0.15) is 0 Å². The lowest BCUT2D eigenvalue weighted by Gasteiger charge is -2.45. The summed E-state index contributed by atoms with van der Waals surface area (Å²) in [6, 6.07) is 7.68. The summed E-state index contributed by atoms with van der Waals surface area (Å²) in [6.07, 6.45) is 3.91. The maximum absolute atomic E-state index is 6.11. The quantitative estimate of drug-likeness (QED) is 0.795. The molecule has 19 heavy (non-hydrogen) atoms. The molecule has 2 aliphatic rings. The van der Waals surface area contributed by atoms with Gasteiger partial charge in [0.25, 0.3) is 0 Å². The minimum atomic E-state index is 0.627. The number of hydrogen-bond donors (Lipinski definition) is 0. The molecular formula is C15H20BrClN2. The first-order chi connectivity index (χ1) is 9.19. The minimum Gasteiger partial charge on any atom is -0.366 e. The number of rotatable bonds is 2. The van der Waals surface area contributed by atoms with Gasteiger partial charge in [0.15, 0.2) is 0 Å². The minimum absolute atomic E-state index is 0.627. The molecule has 2 saturated heterocycles. The second kappa shape index (κ2) is 5.63. The lowest BCUT2D eigenvalue weighted by atomic mass is 10.0. The van der Waals surface area contributed by atoms with Gasteiger partial charge in [-0.25, -0.2) is 0 Å². The highest BCUT2D eigenvalue weighted by Crippen LogP contribution is 2.33. The summed E-state index contributed by atoms with van der Waals surface area (Å²) in [6.45, 7) is 5.95. The number of benzene rings is 1. The van der Waals surface area contributed by atoms with Crippen LogP contribution in [0.15, 0.2) is 22.7 Å². The average Bonchev–Trinajstić information content (AvgIpc) is 2.87. The second-order valence-electron chi connectivity index (χ2n) is 5.60. The van der Waals surface area contributed by atoms with E-state index in [1.807, 2.05) is 6.07 Å². The normalized spacial score (nSPS) is 27.6. The zero-order chi connectivity index (χ0) is 13.4. The predicted molar refractivity (Wildman–Crippen MR) is 85.2 cm³/mol. The van der Waals surface area contributed by atoms with Gasteiger partial charge in [0.2, 0.25) is 0 Å². The second-order valence-corrected chi connectivity index (χ2v) is 6.87. The van der Waals surface area contributed by atoms with Gasteiger partial charge in [-0.1, -0.05) is 18.5 Å². The summed E-state index contributed by atoms with van der Waals surface area (Å²) in [5.74, 6) is 0. The summed E-state index contributed by atoms with van der Waals surface area (Å²) in [7, 11) is 0. The van der Waals surface area contributed by atoms with Gasteiger partial charge in [0, 0.05) is 35.3 Å². The monoisotopic (exact) mass is 342 g/mol. The molecular weight excluding hydrogens is 324 g/mol. The molecule has 2 unspecified atom stereocenters. The van der Waals surface area contributed by atoms with Crippen LogP contribution in [-0.2, 0) is 0 Å². The summed E-state index contributed by atoms with van der Waals surface area (Å²) < 4.78 is 0.996. The van der Waals surface area contributed by atoms with Gasteiger partial charge in [-0.15, -0.1) is 0 Å². The first-order valence-corrected chi connectivity index (χ1v) is 8.32. The van der Waals surface area contributed by atoms with Crippen molar-refractivity contribution in [2.24, 2.45) is 0 Å². The Hall–Kier alpha value is -0.250. The topological polar surface area (TPSA) is 6.48 Å². The third-order valence-electron chi connectivity index (χ3n) is 4.50.